The van der Waals surface area contributed by atoms with Gasteiger partial charge in [0.1, 0.15) is 22.5 Å². The molecule has 2 rings (SSSR count). The summed E-state index contributed by atoms with van der Waals surface area (Å²) in [5.74, 6) is -0.777. The number of nitrogens with one attached hydrogen (secondary N) is 1. The van der Waals surface area contributed by atoms with E-state index in [0.717, 1.165) is 23.5 Å². The summed E-state index contributed by atoms with van der Waals surface area (Å²) < 4.78 is 31.2. The number of amides is 1. The molecule has 0 bridgehead atoms. The van der Waals surface area contributed by atoms with Crippen LogP contribution < -0.4 is 5.73 Å². The molecule has 5 nitrogen and oxygen atoms in total. The monoisotopic (exact) mass is 327 g/mol. The van der Waals surface area contributed by atoms with E-state index < -0.39 is 17.7 Å². The van der Waals surface area contributed by atoms with Gasteiger partial charge in [0.15, 0.2) is 6.61 Å². The highest BCUT2D eigenvalue weighted by molar-refractivity contribution is 7.99. The van der Waals surface area contributed by atoms with Crippen molar-refractivity contribution in [2.45, 2.75) is 36.3 Å². The normalized spacial score (nSPS) is 11.0. The second-order valence-electron chi connectivity index (χ2n) is 4.87. The molecule has 0 unspecified atom stereocenters. The molecule has 0 aliphatic heterocycles. The van der Waals surface area contributed by atoms with Crippen LogP contribution in [0.3, 0.4) is 0 Å². The van der Waals surface area contributed by atoms with Crippen LogP contribution in [0.1, 0.15) is 31.3 Å². The van der Waals surface area contributed by atoms with E-state index in [2.05, 4.69) is 14.7 Å². The van der Waals surface area contributed by atoms with Crippen LogP contribution in [0, 0.1) is 11.6 Å². The lowest BCUT2D eigenvalue weighted by atomic mass is 10.2. The van der Waals surface area contributed by atoms with Crippen molar-refractivity contribution >= 4 is 17.9 Å². The Morgan fingerprint density at radius 1 is 1.36 bits per heavy atom. The summed E-state index contributed by atoms with van der Waals surface area (Å²) >= 11 is 1.13. The number of carbonyl (C=O) groups excluding carboxylic acids is 1. The molecular weight excluding hydrogens is 312 g/mol. The van der Waals surface area contributed by atoms with Crippen molar-refractivity contribution in [1.82, 2.24) is 9.97 Å². The predicted molar refractivity (Wildman–Crippen MR) is 77.5 cm³/mol. The van der Waals surface area contributed by atoms with Gasteiger partial charge in [-0.05, 0) is 18.1 Å². The number of H-pyrrole nitrogens is 1. The zero-order valence-electron chi connectivity index (χ0n) is 12.0. The Bertz CT molecular complexity index is 668. The lowest BCUT2D eigenvalue weighted by molar-refractivity contribution is 0.147. The van der Waals surface area contributed by atoms with Crippen molar-refractivity contribution in [2.24, 2.45) is 5.73 Å². The number of carbonyl (C=O) groups is 1. The summed E-state index contributed by atoms with van der Waals surface area (Å²) in [6, 6.07) is 3.27. The third kappa shape index (κ3) is 4.20. The highest BCUT2D eigenvalue weighted by Gasteiger charge is 2.16. The Hall–Kier alpha value is -2.09. The van der Waals surface area contributed by atoms with Crippen LogP contribution in [0.15, 0.2) is 28.1 Å². The molecule has 1 amide bonds. The molecule has 0 fully saturated rings. The highest BCUT2D eigenvalue weighted by Crippen LogP contribution is 2.33. The Labute approximate surface area is 130 Å². The standard InChI is InChI=1S/C14H15F2N3O2S/c1-7(2)12-13(19-11(18-12)6-21-14(17)20)22-10-4-8(15)3-9(16)5-10/h3-5,7H,6H2,1-2H3,(H2,17,20)(H,18,19). The molecule has 0 aliphatic rings. The molecule has 118 valence electrons. The first-order chi connectivity index (χ1) is 10.3. The zero-order chi connectivity index (χ0) is 16.3. The average molecular weight is 327 g/mol. The lowest BCUT2D eigenvalue weighted by Crippen LogP contribution is -2.13. The number of rotatable bonds is 5. The maximum Gasteiger partial charge on any atom is 0.404 e. The van der Waals surface area contributed by atoms with E-state index in [1.165, 1.54) is 12.1 Å². The number of aromatic nitrogens is 2. The van der Waals surface area contributed by atoms with Gasteiger partial charge in [-0.15, -0.1) is 0 Å². The minimum atomic E-state index is -0.899. The third-order valence-electron chi connectivity index (χ3n) is 2.72. The predicted octanol–water partition coefficient (Wildman–Crippen LogP) is 3.56. The van der Waals surface area contributed by atoms with E-state index in [4.69, 9.17) is 5.73 Å². The van der Waals surface area contributed by atoms with Gasteiger partial charge in [-0.2, -0.15) is 0 Å². The second kappa shape index (κ2) is 6.78. The first kappa shape index (κ1) is 16.3. The van der Waals surface area contributed by atoms with E-state index in [-0.39, 0.29) is 12.5 Å². The summed E-state index contributed by atoms with van der Waals surface area (Å²) in [5, 5.41) is 0.572. The molecule has 8 heteroatoms. The Morgan fingerprint density at radius 3 is 2.55 bits per heavy atom. The molecule has 0 saturated heterocycles. The average Bonchev–Trinajstić information content (AvgIpc) is 2.78. The molecule has 0 saturated carbocycles. The van der Waals surface area contributed by atoms with E-state index >= 15 is 0 Å². The molecule has 2 aromatic rings. The van der Waals surface area contributed by atoms with Gasteiger partial charge >= 0.3 is 6.09 Å². The number of nitrogens with zero attached hydrogens (tertiary/aromatic N) is 1. The number of imidazole rings is 1. The first-order valence-electron chi connectivity index (χ1n) is 6.50. The van der Waals surface area contributed by atoms with Crippen LogP contribution in [0.5, 0.6) is 0 Å². The summed E-state index contributed by atoms with van der Waals surface area (Å²) in [6.45, 7) is 3.80. The van der Waals surface area contributed by atoms with Crippen LogP contribution >= 0.6 is 11.8 Å². The van der Waals surface area contributed by atoms with E-state index in [1.54, 1.807) is 0 Å². The van der Waals surface area contributed by atoms with Crippen LogP contribution in [0.25, 0.3) is 0 Å². The van der Waals surface area contributed by atoms with Crippen molar-refractivity contribution in [1.29, 1.82) is 0 Å². The molecule has 1 heterocycles. The Balaban J connectivity index is 2.26. The highest BCUT2D eigenvalue weighted by atomic mass is 32.2. The summed E-state index contributed by atoms with van der Waals surface area (Å²) in [7, 11) is 0. The number of halogens is 2. The summed E-state index contributed by atoms with van der Waals surface area (Å²) in [4.78, 5) is 18.4. The van der Waals surface area contributed by atoms with Gasteiger partial charge in [0, 0.05) is 11.0 Å². The SMILES string of the molecule is CC(C)c1[nH]c(COC(N)=O)nc1Sc1cc(F)cc(F)c1. The summed E-state index contributed by atoms with van der Waals surface area (Å²) in [5.41, 5.74) is 5.70. The molecule has 3 N–H and O–H groups in total. The van der Waals surface area contributed by atoms with E-state index in [1.807, 2.05) is 13.8 Å². The van der Waals surface area contributed by atoms with Crippen molar-refractivity contribution in [3.05, 3.63) is 41.4 Å². The number of hydrogen-bond donors (Lipinski definition) is 2. The quantitative estimate of drug-likeness (QED) is 0.880. The van der Waals surface area contributed by atoms with E-state index in [9.17, 15) is 13.6 Å². The number of hydrogen-bond acceptors (Lipinski definition) is 4. The molecule has 0 aliphatic carbocycles. The van der Waals surface area contributed by atoms with Gasteiger partial charge in [-0.3, -0.25) is 0 Å². The van der Waals surface area contributed by atoms with Gasteiger partial charge in [0.2, 0.25) is 0 Å². The van der Waals surface area contributed by atoms with Crippen molar-refractivity contribution < 1.29 is 18.3 Å². The van der Waals surface area contributed by atoms with Crippen molar-refractivity contribution in [2.75, 3.05) is 0 Å². The number of primary amides is 1. The van der Waals surface area contributed by atoms with E-state index in [0.29, 0.717) is 15.7 Å². The minimum Gasteiger partial charge on any atom is -0.442 e. The minimum absolute atomic E-state index is 0.0902. The fourth-order valence-electron chi connectivity index (χ4n) is 1.80. The lowest BCUT2D eigenvalue weighted by Gasteiger charge is -2.05. The smallest absolute Gasteiger partial charge is 0.404 e. The molecular formula is C14H15F2N3O2S. The molecule has 22 heavy (non-hydrogen) atoms. The molecule has 1 aromatic carbocycles. The number of benzene rings is 1. The number of aromatic amines is 1. The van der Waals surface area contributed by atoms with Crippen LogP contribution in [-0.2, 0) is 11.3 Å². The molecule has 0 radical (unpaired) electrons. The van der Waals surface area contributed by atoms with Crippen molar-refractivity contribution in [3.8, 4) is 0 Å². The van der Waals surface area contributed by atoms with Gasteiger partial charge in [-0.25, -0.2) is 18.6 Å². The molecule has 0 atom stereocenters. The topological polar surface area (TPSA) is 81.0 Å². The molecule has 0 spiro atoms. The fraction of sp³-hybridized carbons (Fsp3) is 0.286. The van der Waals surface area contributed by atoms with Crippen LogP contribution in [-0.4, -0.2) is 16.1 Å². The van der Waals surface area contributed by atoms with Gasteiger partial charge in [-0.1, -0.05) is 25.6 Å². The largest absolute Gasteiger partial charge is 0.442 e. The Morgan fingerprint density at radius 2 is 2.00 bits per heavy atom. The fourth-order valence-corrected chi connectivity index (χ4v) is 2.91. The second-order valence-corrected chi connectivity index (χ2v) is 5.93. The van der Waals surface area contributed by atoms with Gasteiger partial charge < -0.3 is 15.5 Å². The van der Waals surface area contributed by atoms with Crippen LogP contribution in [0.2, 0.25) is 0 Å². The number of ether oxygens (including phenoxy) is 1. The first-order valence-corrected chi connectivity index (χ1v) is 7.31. The van der Waals surface area contributed by atoms with Crippen LogP contribution in [0.4, 0.5) is 13.6 Å². The van der Waals surface area contributed by atoms with Crippen molar-refractivity contribution in [3.63, 3.8) is 0 Å². The maximum absolute atomic E-state index is 13.3. The summed E-state index contributed by atoms with van der Waals surface area (Å²) in [6.07, 6.45) is -0.899. The van der Waals surface area contributed by atoms with Gasteiger partial charge in [0.25, 0.3) is 0 Å². The third-order valence-corrected chi connectivity index (χ3v) is 3.70. The zero-order valence-corrected chi connectivity index (χ0v) is 12.8. The maximum atomic E-state index is 13.3. The molecule has 1 aromatic heterocycles. The van der Waals surface area contributed by atoms with Gasteiger partial charge in [0.05, 0.1) is 5.69 Å². The Kier molecular flexibility index (Phi) is 5.02. The number of nitrogens with two attached hydrogens (primary N) is 1.